The molecule has 2 aromatic carbocycles. The molecule has 3 aromatic rings. The molecule has 0 bridgehead atoms. The van der Waals surface area contributed by atoms with Crippen LogP contribution in [0.3, 0.4) is 0 Å². The van der Waals surface area contributed by atoms with Gasteiger partial charge in [-0.1, -0.05) is 42.5 Å². The van der Waals surface area contributed by atoms with E-state index in [1.807, 2.05) is 30.3 Å². The van der Waals surface area contributed by atoms with E-state index in [4.69, 9.17) is 0 Å². The van der Waals surface area contributed by atoms with Crippen LogP contribution in [0.1, 0.15) is 32.7 Å². The van der Waals surface area contributed by atoms with Crippen molar-refractivity contribution in [2.24, 2.45) is 0 Å². The number of aliphatic hydroxyl groups excluding tert-OH is 1. The largest absolute Gasteiger partial charge is 0.386 e. The number of hydrogen-bond donors (Lipinski definition) is 2. The zero-order chi connectivity index (χ0) is 18.4. The third-order valence-corrected chi connectivity index (χ3v) is 4.87. The number of carbonyl (C=O) groups is 1. The van der Waals surface area contributed by atoms with Crippen LogP contribution in [-0.2, 0) is 12.8 Å². The maximum Gasteiger partial charge on any atom is 0.270 e. The Kier molecular flexibility index (Phi) is 6.09. The number of amides is 1. The highest BCUT2D eigenvalue weighted by molar-refractivity contribution is 7.09. The Hall–Kier alpha value is -2.57. The molecule has 0 spiro atoms. The zero-order valence-corrected chi connectivity index (χ0v) is 14.9. The van der Waals surface area contributed by atoms with Crippen molar-refractivity contribution >= 4 is 17.2 Å². The molecule has 1 heterocycles. The lowest BCUT2D eigenvalue weighted by Gasteiger charge is -2.07. The van der Waals surface area contributed by atoms with Gasteiger partial charge >= 0.3 is 0 Å². The number of carbonyl (C=O) groups excluding carboxylic acids is 1. The zero-order valence-electron chi connectivity index (χ0n) is 14.1. The first-order valence-corrected chi connectivity index (χ1v) is 9.20. The van der Waals surface area contributed by atoms with E-state index in [0.29, 0.717) is 23.7 Å². The molecule has 1 amide bonds. The Morgan fingerprint density at radius 2 is 1.85 bits per heavy atom. The molecule has 1 aromatic heterocycles. The van der Waals surface area contributed by atoms with E-state index >= 15 is 0 Å². The van der Waals surface area contributed by atoms with Gasteiger partial charge in [-0.25, -0.2) is 9.37 Å². The molecule has 26 heavy (non-hydrogen) atoms. The van der Waals surface area contributed by atoms with Crippen LogP contribution >= 0.6 is 11.3 Å². The molecule has 3 rings (SSSR count). The molecule has 2 N–H and O–H groups in total. The number of rotatable bonds is 7. The van der Waals surface area contributed by atoms with Crippen molar-refractivity contribution in [2.45, 2.75) is 18.9 Å². The molecule has 0 aliphatic heterocycles. The summed E-state index contributed by atoms with van der Waals surface area (Å²) in [4.78, 5) is 16.4. The van der Waals surface area contributed by atoms with Crippen LogP contribution in [0.5, 0.6) is 0 Å². The molecule has 0 fully saturated rings. The summed E-state index contributed by atoms with van der Waals surface area (Å²) in [5.74, 6) is -0.565. The maximum atomic E-state index is 12.9. The second-order valence-electron chi connectivity index (χ2n) is 5.91. The van der Waals surface area contributed by atoms with Gasteiger partial charge in [0.05, 0.1) is 0 Å². The predicted molar refractivity (Wildman–Crippen MR) is 99.7 cm³/mol. The van der Waals surface area contributed by atoms with Gasteiger partial charge in [0.1, 0.15) is 22.6 Å². The van der Waals surface area contributed by atoms with Gasteiger partial charge < -0.3 is 10.4 Å². The van der Waals surface area contributed by atoms with Crippen molar-refractivity contribution in [3.8, 4) is 0 Å². The Bertz CT molecular complexity index is 850. The van der Waals surface area contributed by atoms with Crippen LogP contribution in [0.15, 0.2) is 60.0 Å². The molecule has 0 radical (unpaired) electrons. The monoisotopic (exact) mass is 370 g/mol. The number of benzene rings is 2. The molecule has 6 heteroatoms. The Labute approximate surface area is 155 Å². The second-order valence-corrected chi connectivity index (χ2v) is 6.80. The van der Waals surface area contributed by atoms with Gasteiger partial charge in [0, 0.05) is 18.3 Å². The van der Waals surface area contributed by atoms with E-state index in [1.54, 1.807) is 17.5 Å². The summed E-state index contributed by atoms with van der Waals surface area (Å²) in [5, 5.41) is 15.2. The molecule has 134 valence electrons. The molecule has 0 aliphatic carbocycles. The van der Waals surface area contributed by atoms with Crippen LogP contribution in [0.4, 0.5) is 4.39 Å². The van der Waals surface area contributed by atoms with Crippen LogP contribution in [0, 0.1) is 5.82 Å². The molecule has 0 saturated carbocycles. The first kappa shape index (κ1) is 18.2. The second kappa shape index (κ2) is 8.69. The van der Waals surface area contributed by atoms with Crippen molar-refractivity contribution in [3.05, 3.63) is 87.6 Å². The van der Waals surface area contributed by atoms with E-state index in [9.17, 15) is 14.3 Å². The van der Waals surface area contributed by atoms with Gasteiger partial charge in [-0.3, -0.25) is 4.79 Å². The number of halogens is 1. The normalized spacial score (nSPS) is 11.9. The summed E-state index contributed by atoms with van der Waals surface area (Å²) in [7, 11) is 0. The van der Waals surface area contributed by atoms with Crippen LogP contribution in [0.2, 0.25) is 0 Å². The summed E-state index contributed by atoms with van der Waals surface area (Å²) in [6.45, 7) is 0.522. The number of nitrogens with one attached hydrogen (secondary N) is 1. The summed E-state index contributed by atoms with van der Waals surface area (Å²) in [5.41, 5.74) is 2.26. The molecule has 0 saturated heterocycles. The van der Waals surface area contributed by atoms with Crippen LogP contribution < -0.4 is 5.32 Å². The highest BCUT2D eigenvalue weighted by atomic mass is 32.1. The highest BCUT2D eigenvalue weighted by Gasteiger charge is 2.16. The minimum atomic E-state index is -0.823. The quantitative estimate of drug-likeness (QED) is 0.669. The fourth-order valence-corrected chi connectivity index (χ4v) is 3.32. The summed E-state index contributed by atoms with van der Waals surface area (Å²) < 4.78 is 12.9. The van der Waals surface area contributed by atoms with E-state index < -0.39 is 6.10 Å². The maximum absolute atomic E-state index is 12.9. The number of aromatic nitrogens is 1. The van der Waals surface area contributed by atoms with E-state index in [2.05, 4.69) is 10.3 Å². The minimum Gasteiger partial charge on any atom is -0.386 e. The molecule has 1 unspecified atom stereocenters. The Morgan fingerprint density at radius 1 is 1.12 bits per heavy atom. The first-order chi connectivity index (χ1) is 12.6. The molecular weight excluding hydrogens is 351 g/mol. The Balaban J connectivity index is 1.52. The fourth-order valence-electron chi connectivity index (χ4n) is 2.53. The Morgan fingerprint density at radius 3 is 2.58 bits per heavy atom. The van der Waals surface area contributed by atoms with Gasteiger partial charge in [0.25, 0.3) is 5.91 Å². The average Bonchev–Trinajstić information content (AvgIpc) is 3.15. The van der Waals surface area contributed by atoms with Gasteiger partial charge in [0.2, 0.25) is 0 Å². The van der Waals surface area contributed by atoms with Gasteiger partial charge in [0.15, 0.2) is 0 Å². The van der Waals surface area contributed by atoms with Crippen molar-refractivity contribution in [1.29, 1.82) is 0 Å². The van der Waals surface area contributed by atoms with Crippen molar-refractivity contribution in [3.63, 3.8) is 0 Å². The van der Waals surface area contributed by atoms with Crippen molar-refractivity contribution in [2.75, 3.05) is 6.54 Å². The number of nitrogens with zero attached hydrogens (tertiary/aromatic N) is 1. The lowest BCUT2D eigenvalue weighted by atomic mass is 10.1. The third-order valence-electron chi connectivity index (χ3n) is 3.92. The SMILES string of the molecule is O=C(NCCc1ccccc1)c1csc(C(O)Cc2ccc(F)cc2)n1. The smallest absolute Gasteiger partial charge is 0.270 e. The third kappa shape index (κ3) is 4.97. The number of hydrogen-bond acceptors (Lipinski definition) is 4. The summed E-state index contributed by atoms with van der Waals surface area (Å²) in [6, 6.07) is 15.9. The summed E-state index contributed by atoms with van der Waals surface area (Å²) >= 11 is 1.24. The summed E-state index contributed by atoms with van der Waals surface area (Å²) in [6.07, 6.45) is 0.246. The minimum absolute atomic E-state index is 0.252. The molecule has 4 nitrogen and oxygen atoms in total. The van der Waals surface area contributed by atoms with Crippen LogP contribution in [0.25, 0.3) is 0 Å². The topological polar surface area (TPSA) is 62.2 Å². The lowest BCUT2D eigenvalue weighted by molar-refractivity contribution is 0.0949. The van der Waals surface area contributed by atoms with E-state index in [-0.39, 0.29) is 11.7 Å². The van der Waals surface area contributed by atoms with Crippen molar-refractivity contribution < 1.29 is 14.3 Å². The number of aliphatic hydroxyl groups is 1. The van der Waals surface area contributed by atoms with Gasteiger partial charge in [-0.15, -0.1) is 11.3 Å². The van der Waals surface area contributed by atoms with Crippen molar-refractivity contribution in [1.82, 2.24) is 10.3 Å². The lowest BCUT2D eigenvalue weighted by Crippen LogP contribution is -2.26. The van der Waals surface area contributed by atoms with Crippen LogP contribution in [-0.4, -0.2) is 22.5 Å². The highest BCUT2D eigenvalue weighted by Crippen LogP contribution is 2.22. The van der Waals surface area contributed by atoms with E-state index in [0.717, 1.165) is 17.5 Å². The standard InChI is InChI=1S/C20H19FN2O2S/c21-16-8-6-15(7-9-16)12-18(24)20-23-17(13-26-20)19(25)22-11-10-14-4-2-1-3-5-14/h1-9,13,18,24H,10-12H2,(H,22,25). The van der Waals surface area contributed by atoms with E-state index in [1.165, 1.54) is 23.5 Å². The van der Waals surface area contributed by atoms with Gasteiger partial charge in [-0.2, -0.15) is 0 Å². The molecule has 1 atom stereocenters. The fraction of sp³-hybridized carbons (Fsp3) is 0.200. The average molecular weight is 370 g/mol. The number of thiazole rings is 1. The molecular formula is C20H19FN2O2S. The predicted octanol–water partition coefficient (Wildman–Crippen LogP) is 3.53. The first-order valence-electron chi connectivity index (χ1n) is 8.32. The molecule has 0 aliphatic rings. The van der Waals surface area contributed by atoms with Gasteiger partial charge in [-0.05, 0) is 29.7 Å².